The Morgan fingerprint density at radius 3 is 2.82 bits per heavy atom. The zero-order chi connectivity index (χ0) is 12.4. The quantitative estimate of drug-likeness (QED) is 0.826. The molecule has 4 heteroatoms. The van der Waals surface area contributed by atoms with E-state index >= 15 is 0 Å². The molecule has 92 valence electrons. The van der Waals surface area contributed by atoms with E-state index in [1.54, 1.807) is 0 Å². The van der Waals surface area contributed by atoms with Crippen molar-refractivity contribution in [3.63, 3.8) is 0 Å². The zero-order valence-corrected chi connectivity index (χ0v) is 10.4. The number of nitrogens with zero attached hydrogens (tertiary/aromatic N) is 2. The summed E-state index contributed by atoms with van der Waals surface area (Å²) in [6.07, 6.45) is 0.902. The number of carbonyl (C=O) groups is 1. The molecule has 0 aliphatic carbocycles. The number of amides is 1. The van der Waals surface area contributed by atoms with E-state index in [9.17, 15) is 4.79 Å². The van der Waals surface area contributed by atoms with Crippen LogP contribution in [0.5, 0.6) is 0 Å². The maximum atomic E-state index is 12.2. The van der Waals surface area contributed by atoms with Crippen molar-refractivity contribution in [3.05, 3.63) is 29.8 Å². The Balaban J connectivity index is 2.16. The Bertz CT molecular complexity index is 417. The van der Waals surface area contributed by atoms with Gasteiger partial charge in [0.15, 0.2) is 0 Å². The van der Waals surface area contributed by atoms with Crippen LogP contribution >= 0.6 is 0 Å². The summed E-state index contributed by atoms with van der Waals surface area (Å²) in [4.78, 5) is 16.0. The maximum absolute atomic E-state index is 12.2. The number of rotatable bonds is 2. The predicted molar refractivity (Wildman–Crippen MR) is 69.3 cm³/mol. The topological polar surface area (TPSA) is 49.6 Å². The van der Waals surface area contributed by atoms with Gasteiger partial charge in [-0.15, -0.1) is 0 Å². The molecule has 1 saturated heterocycles. The molecule has 1 aromatic carbocycles. The van der Waals surface area contributed by atoms with Crippen molar-refractivity contribution >= 4 is 11.6 Å². The van der Waals surface area contributed by atoms with Gasteiger partial charge in [0.2, 0.25) is 0 Å². The van der Waals surface area contributed by atoms with Crippen molar-refractivity contribution in [2.75, 3.05) is 32.1 Å². The van der Waals surface area contributed by atoms with Crippen LogP contribution in [0.25, 0.3) is 0 Å². The van der Waals surface area contributed by atoms with Crippen molar-refractivity contribution in [2.45, 2.75) is 12.5 Å². The molecular weight excluding hydrogens is 214 g/mol. The van der Waals surface area contributed by atoms with E-state index in [1.807, 2.05) is 48.2 Å². The van der Waals surface area contributed by atoms with Crippen LogP contribution in [0.2, 0.25) is 0 Å². The molecule has 1 aromatic rings. The van der Waals surface area contributed by atoms with Crippen LogP contribution in [-0.4, -0.2) is 44.0 Å². The first-order valence-corrected chi connectivity index (χ1v) is 5.90. The summed E-state index contributed by atoms with van der Waals surface area (Å²) in [5.74, 6) is 0.0849. The summed E-state index contributed by atoms with van der Waals surface area (Å²) in [5, 5.41) is 0. The fourth-order valence-electron chi connectivity index (χ4n) is 2.07. The Morgan fingerprint density at radius 1 is 1.47 bits per heavy atom. The largest absolute Gasteiger partial charge is 0.378 e. The third-order valence-corrected chi connectivity index (χ3v) is 3.12. The van der Waals surface area contributed by atoms with Crippen LogP contribution in [0, 0.1) is 0 Å². The van der Waals surface area contributed by atoms with Gasteiger partial charge in [-0.3, -0.25) is 4.79 Å². The second-order valence-electron chi connectivity index (χ2n) is 4.74. The number of nitrogens with two attached hydrogens (primary N) is 1. The van der Waals surface area contributed by atoms with Crippen LogP contribution in [-0.2, 0) is 0 Å². The third kappa shape index (κ3) is 2.58. The molecule has 2 rings (SSSR count). The second-order valence-corrected chi connectivity index (χ2v) is 4.74. The number of hydrogen-bond acceptors (Lipinski definition) is 3. The van der Waals surface area contributed by atoms with Gasteiger partial charge in [-0.25, -0.2) is 0 Å². The highest BCUT2D eigenvalue weighted by Crippen LogP contribution is 2.17. The highest BCUT2D eigenvalue weighted by molar-refractivity contribution is 5.95. The fourth-order valence-corrected chi connectivity index (χ4v) is 2.07. The molecule has 1 aliphatic rings. The molecule has 4 nitrogen and oxygen atoms in total. The normalized spacial score (nSPS) is 19.5. The summed E-state index contributed by atoms with van der Waals surface area (Å²) >= 11 is 0. The minimum absolute atomic E-state index is 0.0849. The van der Waals surface area contributed by atoms with Crippen molar-refractivity contribution in [1.29, 1.82) is 0 Å². The molecule has 1 aliphatic heterocycles. The predicted octanol–water partition coefficient (Wildman–Crippen LogP) is 0.926. The van der Waals surface area contributed by atoms with E-state index in [4.69, 9.17) is 5.73 Å². The average molecular weight is 233 g/mol. The maximum Gasteiger partial charge on any atom is 0.253 e. The molecule has 1 heterocycles. The van der Waals surface area contributed by atoms with Gasteiger partial charge in [0.05, 0.1) is 0 Å². The van der Waals surface area contributed by atoms with Crippen molar-refractivity contribution < 1.29 is 4.79 Å². The number of carbonyl (C=O) groups excluding carboxylic acids is 1. The molecule has 2 N–H and O–H groups in total. The van der Waals surface area contributed by atoms with Crippen LogP contribution < -0.4 is 10.6 Å². The molecule has 1 atom stereocenters. The Kier molecular flexibility index (Phi) is 3.33. The van der Waals surface area contributed by atoms with Gasteiger partial charge in [-0.1, -0.05) is 6.07 Å². The lowest BCUT2D eigenvalue weighted by Gasteiger charge is -2.18. The second kappa shape index (κ2) is 4.75. The van der Waals surface area contributed by atoms with Gasteiger partial charge < -0.3 is 15.5 Å². The van der Waals surface area contributed by atoms with E-state index in [0.29, 0.717) is 6.54 Å². The minimum atomic E-state index is 0.0849. The molecule has 0 aromatic heterocycles. The fraction of sp³-hybridized carbons (Fsp3) is 0.462. The van der Waals surface area contributed by atoms with E-state index in [0.717, 1.165) is 24.2 Å². The van der Waals surface area contributed by atoms with Gasteiger partial charge in [0, 0.05) is 44.5 Å². The van der Waals surface area contributed by atoms with E-state index in [-0.39, 0.29) is 11.9 Å². The molecule has 0 radical (unpaired) electrons. The molecule has 0 bridgehead atoms. The lowest BCUT2D eigenvalue weighted by molar-refractivity contribution is 0.0791. The zero-order valence-electron chi connectivity index (χ0n) is 10.4. The van der Waals surface area contributed by atoms with Gasteiger partial charge in [-0.05, 0) is 24.6 Å². The first-order valence-electron chi connectivity index (χ1n) is 5.90. The van der Waals surface area contributed by atoms with Crippen molar-refractivity contribution in [2.24, 2.45) is 5.73 Å². The van der Waals surface area contributed by atoms with Crippen LogP contribution in [0.1, 0.15) is 16.8 Å². The highest BCUT2D eigenvalue weighted by Gasteiger charge is 2.24. The molecule has 17 heavy (non-hydrogen) atoms. The van der Waals surface area contributed by atoms with Gasteiger partial charge in [0.25, 0.3) is 5.91 Å². The number of benzene rings is 1. The van der Waals surface area contributed by atoms with Crippen molar-refractivity contribution in [1.82, 2.24) is 4.90 Å². The Hall–Kier alpha value is -1.55. The monoisotopic (exact) mass is 233 g/mol. The molecule has 0 saturated carbocycles. The summed E-state index contributed by atoms with van der Waals surface area (Å²) in [6.45, 7) is 1.44. The smallest absolute Gasteiger partial charge is 0.253 e. The summed E-state index contributed by atoms with van der Waals surface area (Å²) in [7, 11) is 3.94. The molecule has 1 amide bonds. The SMILES string of the molecule is CN(C)c1cccc(C(=O)N2CC[C@@H](N)C2)c1. The molecule has 0 spiro atoms. The van der Waals surface area contributed by atoms with Gasteiger partial charge in [0.1, 0.15) is 0 Å². The Morgan fingerprint density at radius 2 is 2.24 bits per heavy atom. The first-order chi connectivity index (χ1) is 8.08. The summed E-state index contributed by atoms with van der Waals surface area (Å²) in [6, 6.07) is 7.83. The van der Waals surface area contributed by atoms with Crippen LogP contribution in [0.3, 0.4) is 0 Å². The number of hydrogen-bond donors (Lipinski definition) is 1. The molecular formula is C13H19N3O. The third-order valence-electron chi connectivity index (χ3n) is 3.12. The first kappa shape index (κ1) is 11.9. The average Bonchev–Trinajstić information content (AvgIpc) is 2.75. The summed E-state index contributed by atoms with van der Waals surface area (Å²) in [5.41, 5.74) is 7.60. The lowest BCUT2D eigenvalue weighted by Crippen LogP contribution is -2.31. The van der Waals surface area contributed by atoms with Crippen LogP contribution in [0.4, 0.5) is 5.69 Å². The summed E-state index contributed by atoms with van der Waals surface area (Å²) < 4.78 is 0. The number of anilines is 1. The highest BCUT2D eigenvalue weighted by atomic mass is 16.2. The van der Waals surface area contributed by atoms with Crippen LogP contribution in [0.15, 0.2) is 24.3 Å². The number of likely N-dealkylation sites (tertiary alicyclic amines) is 1. The standard InChI is InChI=1S/C13H19N3O/c1-15(2)12-5-3-4-10(8-12)13(17)16-7-6-11(14)9-16/h3-5,8,11H,6-7,9,14H2,1-2H3/t11-/m1/s1. The van der Waals surface area contributed by atoms with E-state index in [1.165, 1.54) is 0 Å². The lowest BCUT2D eigenvalue weighted by atomic mass is 10.1. The van der Waals surface area contributed by atoms with Crippen molar-refractivity contribution in [3.8, 4) is 0 Å². The van der Waals surface area contributed by atoms with Gasteiger partial charge >= 0.3 is 0 Å². The van der Waals surface area contributed by atoms with E-state index in [2.05, 4.69) is 0 Å². The molecule has 1 fully saturated rings. The van der Waals surface area contributed by atoms with E-state index < -0.39 is 0 Å². The van der Waals surface area contributed by atoms with Gasteiger partial charge in [-0.2, -0.15) is 0 Å². The Labute approximate surface area is 102 Å². The minimum Gasteiger partial charge on any atom is -0.378 e. The molecule has 0 unspecified atom stereocenters.